The van der Waals surface area contributed by atoms with Gasteiger partial charge in [0.05, 0.1) is 0 Å². The Hall–Kier alpha value is -0.0400. The van der Waals surface area contributed by atoms with Gasteiger partial charge in [-0.15, -0.1) is 0 Å². The van der Waals surface area contributed by atoms with E-state index in [0.717, 1.165) is 23.9 Å². The maximum Gasteiger partial charge on any atom is 0.00952 e. The average Bonchev–Trinajstić information content (AvgIpc) is 2.46. The third-order valence-corrected chi connectivity index (χ3v) is 5.49. The van der Waals surface area contributed by atoms with Crippen LogP contribution in [0.5, 0.6) is 0 Å². The molecule has 0 aromatic heterocycles. The molecule has 2 aliphatic rings. The third kappa shape index (κ3) is 3.98. The molecule has 2 fully saturated rings. The van der Waals surface area contributed by atoms with Crippen LogP contribution in [0.15, 0.2) is 0 Å². The zero-order valence-electron chi connectivity index (χ0n) is 12.6. The molecule has 2 unspecified atom stereocenters. The van der Waals surface area contributed by atoms with Gasteiger partial charge < -0.3 is 5.32 Å². The lowest BCUT2D eigenvalue weighted by Crippen LogP contribution is -2.45. The van der Waals surface area contributed by atoms with Gasteiger partial charge in [0.1, 0.15) is 0 Å². The normalized spacial score (nSPS) is 27.0. The van der Waals surface area contributed by atoms with Crippen molar-refractivity contribution in [1.82, 2.24) is 5.32 Å². The summed E-state index contributed by atoms with van der Waals surface area (Å²) in [5.41, 5.74) is 0. The molecule has 18 heavy (non-hydrogen) atoms. The molecular formula is C17H33N. The summed E-state index contributed by atoms with van der Waals surface area (Å²) < 4.78 is 0. The molecular weight excluding hydrogens is 218 g/mol. The van der Waals surface area contributed by atoms with Gasteiger partial charge in [0.25, 0.3) is 0 Å². The number of hydrogen-bond acceptors (Lipinski definition) is 1. The number of hydrogen-bond donors (Lipinski definition) is 1. The van der Waals surface area contributed by atoms with Crippen LogP contribution in [-0.2, 0) is 0 Å². The molecule has 0 bridgehead atoms. The Labute approximate surface area is 114 Å². The smallest absolute Gasteiger partial charge is 0.00952 e. The summed E-state index contributed by atoms with van der Waals surface area (Å²) in [6.07, 6.45) is 16.0. The Kier molecular flexibility index (Phi) is 6.01. The maximum absolute atomic E-state index is 4.01. The van der Waals surface area contributed by atoms with E-state index in [-0.39, 0.29) is 0 Å². The van der Waals surface area contributed by atoms with Gasteiger partial charge in [-0.25, -0.2) is 0 Å². The van der Waals surface area contributed by atoms with Crippen molar-refractivity contribution in [2.45, 2.75) is 96.6 Å². The standard InChI is InChI=1S/C17H33N/c1-3-17(16-12-8-5-9-13-16)18-14(2)15-10-6-4-7-11-15/h14-18H,3-13H2,1-2H3. The second-order valence-electron chi connectivity index (χ2n) is 6.77. The molecule has 1 N–H and O–H groups in total. The Bertz CT molecular complexity index is 214. The van der Waals surface area contributed by atoms with Gasteiger partial charge in [-0.05, 0) is 50.9 Å². The van der Waals surface area contributed by atoms with E-state index in [1.54, 1.807) is 0 Å². The largest absolute Gasteiger partial charge is 0.311 e. The van der Waals surface area contributed by atoms with Crippen LogP contribution >= 0.6 is 0 Å². The van der Waals surface area contributed by atoms with Gasteiger partial charge in [0.2, 0.25) is 0 Å². The molecule has 0 aromatic carbocycles. The van der Waals surface area contributed by atoms with E-state index in [0.29, 0.717) is 0 Å². The summed E-state index contributed by atoms with van der Waals surface area (Å²) in [4.78, 5) is 0. The first-order valence-corrected chi connectivity index (χ1v) is 8.57. The second-order valence-corrected chi connectivity index (χ2v) is 6.77. The Morgan fingerprint density at radius 2 is 1.33 bits per heavy atom. The monoisotopic (exact) mass is 251 g/mol. The van der Waals surface area contributed by atoms with Gasteiger partial charge in [0, 0.05) is 12.1 Å². The molecule has 2 atom stereocenters. The fraction of sp³-hybridized carbons (Fsp3) is 1.00. The molecule has 1 heteroatoms. The van der Waals surface area contributed by atoms with Crippen molar-refractivity contribution < 1.29 is 0 Å². The highest BCUT2D eigenvalue weighted by Gasteiger charge is 2.26. The zero-order valence-corrected chi connectivity index (χ0v) is 12.6. The highest BCUT2D eigenvalue weighted by Crippen LogP contribution is 2.30. The molecule has 2 aliphatic carbocycles. The van der Waals surface area contributed by atoms with Gasteiger partial charge in [0.15, 0.2) is 0 Å². The highest BCUT2D eigenvalue weighted by atomic mass is 15.0. The van der Waals surface area contributed by atoms with Crippen molar-refractivity contribution in [2.75, 3.05) is 0 Å². The van der Waals surface area contributed by atoms with Gasteiger partial charge in [-0.2, -0.15) is 0 Å². The number of rotatable bonds is 5. The molecule has 2 rings (SSSR count). The summed E-state index contributed by atoms with van der Waals surface area (Å²) >= 11 is 0. The van der Waals surface area contributed by atoms with Crippen LogP contribution in [0.4, 0.5) is 0 Å². The maximum atomic E-state index is 4.01. The fourth-order valence-electron chi connectivity index (χ4n) is 4.23. The molecule has 0 saturated heterocycles. The van der Waals surface area contributed by atoms with Crippen molar-refractivity contribution in [3.05, 3.63) is 0 Å². The first kappa shape index (κ1) is 14.4. The zero-order chi connectivity index (χ0) is 12.8. The lowest BCUT2D eigenvalue weighted by Gasteiger charge is -2.36. The van der Waals surface area contributed by atoms with E-state index in [2.05, 4.69) is 19.2 Å². The van der Waals surface area contributed by atoms with E-state index in [9.17, 15) is 0 Å². The van der Waals surface area contributed by atoms with Crippen molar-refractivity contribution in [1.29, 1.82) is 0 Å². The minimum atomic E-state index is 0.747. The lowest BCUT2D eigenvalue weighted by molar-refractivity contribution is 0.206. The van der Waals surface area contributed by atoms with E-state index < -0.39 is 0 Å². The summed E-state index contributed by atoms with van der Waals surface area (Å²) in [6, 6.07) is 1.54. The van der Waals surface area contributed by atoms with Crippen LogP contribution in [0, 0.1) is 11.8 Å². The van der Waals surface area contributed by atoms with Gasteiger partial charge in [-0.1, -0.05) is 45.4 Å². The van der Waals surface area contributed by atoms with Crippen molar-refractivity contribution in [3.63, 3.8) is 0 Å². The Balaban J connectivity index is 1.80. The minimum Gasteiger partial charge on any atom is -0.311 e. The molecule has 0 radical (unpaired) electrons. The lowest BCUT2D eigenvalue weighted by atomic mass is 9.80. The summed E-state index contributed by atoms with van der Waals surface area (Å²) in [6.45, 7) is 4.82. The molecule has 0 spiro atoms. The molecule has 0 aliphatic heterocycles. The van der Waals surface area contributed by atoms with E-state index in [4.69, 9.17) is 0 Å². The molecule has 1 nitrogen and oxygen atoms in total. The second kappa shape index (κ2) is 7.53. The molecule has 106 valence electrons. The third-order valence-electron chi connectivity index (χ3n) is 5.49. The van der Waals surface area contributed by atoms with Crippen LogP contribution in [0.1, 0.15) is 84.5 Å². The predicted molar refractivity (Wildman–Crippen MR) is 79.8 cm³/mol. The minimum absolute atomic E-state index is 0.747. The van der Waals surface area contributed by atoms with Crippen LogP contribution in [0.2, 0.25) is 0 Å². The molecule has 0 amide bonds. The molecule has 0 aromatic rings. The fourth-order valence-corrected chi connectivity index (χ4v) is 4.23. The van der Waals surface area contributed by atoms with E-state index in [1.165, 1.54) is 70.6 Å². The van der Waals surface area contributed by atoms with E-state index in [1.807, 2.05) is 0 Å². The van der Waals surface area contributed by atoms with Gasteiger partial charge >= 0.3 is 0 Å². The van der Waals surface area contributed by atoms with Crippen LogP contribution in [0.3, 0.4) is 0 Å². The highest BCUT2D eigenvalue weighted by molar-refractivity contribution is 4.84. The molecule has 2 saturated carbocycles. The van der Waals surface area contributed by atoms with Crippen LogP contribution in [0.25, 0.3) is 0 Å². The first-order valence-electron chi connectivity index (χ1n) is 8.57. The van der Waals surface area contributed by atoms with Gasteiger partial charge in [-0.3, -0.25) is 0 Å². The van der Waals surface area contributed by atoms with Crippen molar-refractivity contribution >= 4 is 0 Å². The molecule has 0 heterocycles. The SMILES string of the molecule is CCC(NC(C)C1CCCCC1)C1CCCCC1. The van der Waals surface area contributed by atoms with Crippen LogP contribution in [-0.4, -0.2) is 12.1 Å². The topological polar surface area (TPSA) is 12.0 Å². The quantitative estimate of drug-likeness (QED) is 0.732. The summed E-state index contributed by atoms with van der Waals surface area (Å²) in [5, 5.41) is 4.01. The Morgan fingerprint density at radius 3 is 1.83 bits per heavy atom. The first-order chi connectivity index (χ1) is 8.81. The average molecular weight is 251 g/mol. The van der Waals surface area contributed by atoms with Crippen molar-refractivity contribution in [3.8, 4) is 0 Å². The predicted octanol–water partition coefficient (Wildman–Crippen LogP) is 4.90. The van der Waals surface area contributed by atoms with Crippen LogP contribution < -0.4 is 5.32 Å². The number of nitrogens with one attached hydrogen (secondary N) is 1. The Morgan fingerprint density at radius 1 is 0.833 bits per heavy atom. The van der Waals surface area contributed by atoms with E-state index >= 15 is 0 Å². The van der Waals surface area contributed by atoms with Crippen molar-refractivity contribution in [2.24, 2.45) is 11.8 Å². The summed E-state index contributed by atoms with van der Waals surface area (Å²) in [5.74, 6) is 1.92. The summed E-state index contributed by atoms with van der Waals surface area (Å²) in [7, 11) is 0.